The molecule has 5 atom stereocenters. The normalized spacial score (nSPS) is 31.1. The van der Waals surface area contributed by atoms with E-state index < -0.39 is 51.6 Å². The molecule has 7 rings (SSSR count). The summed E-state index contributed by atoms with van der Waals surface area (Å²) < 4.78 is 20.6. The lowest BCUT2D eigenvalue weighted by atomic mass is 9.51. The Labute approximate surface area is 281 Å². The number of aliphatic carboxylic acids is 1. The summed E-state index contributed by atoms with van der Waals surface area (Å²) in [7, 11) is 0. The largest absolute Gasteiger partial charge is 0.506 e. The van der Waals surface area contributed by atoms with Gasteiger partial charge in [0, 0.05) is 35.0 Å². The summed E-state index contributed by atoms with van der Waals surface area (Å²) in [6, 6.07) is 0. The first-order chi connectivity index (χ1) is 22.3. The van der Waals surface area contributed by atoms with Crippen LogP contribution in [0.15, 0.2) is 53.2 Å². The molecule has 5 unspecified atom stereocenters. The van der Waals surface area contributed by atoms with Gasteiger partial charge in [-0.1, -0.05) is 36.0 Å². The van der Waals surface area contributed by atoms with Gasteiger partial charge in [-0.3, -0.25) is 9.59 Å². The maximum absolute atomic E-state index is 14.7. The number of fused-ring (bicyclic) bond motifs is 2. The lowest BCUT2D eigenvalue weighted by Crippen LogP contribution is -2.72. The summed E-state index contributed by atoms with van der Waals surface area (Å²) >= 11 is 0. The molecule has 1 aromatic rings. The molecule has 1 spiro atoms. The molecule has 0 radical (unpaired) electrons. The SMILES string of the molecule is CC(C)=CCc1c2c(c(O)c3c1OC14C(=CC5CC1C(C)(C)OC4(CC=C(C)C(=O)O)C5=O)C3=O)C=CC(C)(CCC=CC(C)(C)O)O2. The molecule has 9 nitrogen and oxygen atoms in total. The van der Waals surface area contributed by atoms with Gasteiger partial charge < -0.3 is 29.5 Å². The van der Waals surface area contributed by atoms with E-state index in [1.54, 1.807) is 32.1 Å². The van der Waals surface area contributed by atoms with Crippen LogP contribution in [0.3, 0.4) is 0 Å². The quantitative estimate of drug-likeness (QED) is 0.198. The number of ketones is 2. The number of ether oxygens (including phenoxy) is 3. The first-order valence-corrected chi connectivity index (χ1v) is 16.7. The average molecular weight is 659 g/mol. The molecule has 3 heterocycles. The highest BCUT2D eigenvalue weighted by Crippen LogP contribution is 2.68. The Morgan fingerprint density at radius 3 is 2.44 bits per heavy atom. The number of aromatic hydroxyl groups is 1. The van der Waals surface area contributed by atoms with E-state index in [0.29, 0.717) is 42.6 Å². The van der Waals surface area contributed by atoms with E-state index in [9.17, 15) is 29.7 Å². The molecule has 256 valence electrons. The van der Waals surface area contributed by atoms with Crippen molar-refractivity contribution in [2.75, 3.05) is 0 Å². The van der Waals surface area contributed by atoms with Crippen molar-refractivity contribution >= 4 is 23.6 Å². The van der Waals surface area contributed by atoms with E-state index in [0.717, 1.165) is 5.57 Å². The Morgan fingerprint density at radius 2 is 1.79 bits per heavy atom. The molecule has 3 aliphatic carbocycles. The van der Waals surface area contributed by atoms with Crippen LogP contribution in [0.4, 0.5) is 0 Å². The van der Waals surface area contributed by atoms with E-state index in [2.05, 4.69) is 0 Å². The summed E-state index contributed by atoms with van der Waals surface area (Å²) in [4.78, 5) is 40.9. The monoisotopic (exact) mass is 658 g/mol. The van der Waals surface area contributed by atoms with Crippen molar-refractivity contribution in [3.63, 3.8) is 0 Å². The Bertz CT molecular complexity index is 1780. The third-order valence-corrected chi connectivity index (χ3v) is 10.6. The molecule has 1 saturated heterocycles. The zero-order valence-electron chi connectivity index (χ0n) is 29.0. The number of rotatable bonds is 9. The zero-order valence-corrected chi connectivity index (χ0v) is 29.0. The van der Waals surface area contributed by atoms with Gasteiger partial charge in [0.25, 0.3) is 0 Å². The first kappa shape index (κ1) is 33.9. The molecule has 3 aliphatic heterocycles. The van der Waals surface area contributed by atoms with Gasteiger partial charge in [0.05, 0.1) is 16.8 Å². The van der Waals surface area contributed by atoms with Crippen LogP contribution in [0, 0.1) is 11.8 Å². The van der Waals surface area contributed by atoms with Crippen molar-refractivity contribution in [2.24, 2.45) is 11.8 Å². The zero-order chi connectivity index (χ0) is 35.2. The van der Waals surface area contributed by atoms with Crippen molar-refractivity contribution in [3.05, 3.63) is 69.9 Å². The number of carboxylic acid groups (broad SMARTS) is 1. The molecule has 2 fully saturated rings. The number of phenols is 1. The van der Waals surface area contributed by atoms with Gasteiger partial charge >= 0.3 is 5.97 Å². The Balaban J connectivity index is 1.54. The maximum atomic E-state index is 14.7. The van der Waals surface area contributed by atoms with E-state index in [1.807, 2.05) is 52.8 Å². The second-order valence-electron chi connectivity index (χ2n) is 15.5. The van der Waals surface area contributed by atoms with Gasteiger partial charge in [0.15, 0.2) is 22.8 Å². The standard InChI is InChI=1S/C39H46O9/c1-21(2)11-12-25-31-24(14-17-37(8,46-31)16-10-9-15-35(4,5)45)29(40)28-30(41)26-19-23-20-27-36(6,7)48-38(33(23)42,18-13-22(3)34(43)44)39(26,27)47-32(25)28/h9,11,13-15,17,19,23,27,40,45H,10,12,16,18,20H2,1-8H3,(H,43,44). The van der Waals surface area contributed by atoms with Gasteiger partial charge in [-0.25, -0.2) is 4.79 Å². The third kappa shape index (κ3) is 5.00. The highest BCUT2D eigenvalue weighted by molar-refractivity contribution is 6.19. The van der Waals surface area contributed by atoms with Crippen molar-refractivity contribution in [1.29, 1.82) is 0 Å². The number of aliphatic hydroxyl groups is 1. The molecule has 48 heavy (non-hydrogen) atoms. The molecule has 6 aliphatic rings. The summed E-state index contributed by atoms with van der Waals surface area (Å²) in [5.74, 6) is -2.50. The number of carbonyl (C=O) groups excluding carboxylic acids is 2. The molecular weight excluding hydrogens is 612 g/mol. The van der Waals surface area contributed by atoms with Crippen LogP contribution in [-0.4, -0.2) is 60.9 Å². The highest BCUT2D eigenvalue weighted by Gasteiger charge is 2.81. The molecular formula is C39H46O9. The topological polar surface area (TPSA) is 140 Å². The van der Waals surface area contributed by atoms with E-state index in [-0.39, 0.29) is 40.4 Å². The van der Waals surface area contributed by atoms with E-state index >= 15 is 0 Å². The summed E-state index contributed by atoms with van der Waals surface area (Å²) in [5, 5.41) is 31.6. The Kier molecular flexibility index (Phi) is 7.80. The molecule has 1 aromatic carbocycles. The number of carboxylic acids is 1. The Hall–Kier alpha value is -3.95. The number of Topliss-reactive ketones (excluding diaryl/α,β-unsaturated/α-hetero) is 2. The van der Waals surface area contributed by atoms with E-state index in [4.69, 9.17) is 14.2 Å². The molecule has 1 saturated carbocycles. The van der Waals surface area contributed by atoms with Crippen LogP contribution in [0.25, 0.3) is 6.08 Å². The van der Waals surface area contributed by atoms with Gasteiger partial charge in [0.1, 0.15) is 28.4 Å². The van der Waals surface area contributed by atoms with Crippen LogP contribution in [-0.2, 0) is 20.7 Å². The van der Waals surface area contributed by atoms with Crippen LogP contribution in [0.2, 0.25) is 0 Å². The van der Waals surface area contributed by atoms with Gasteiger partial charge in [-0.15, -0.1) is 0 Å². The summed E-state index contributed by atoms with van der Waals surface area (Å²) in [5.41, 5.74) is -3.46. The minimum Gasteiger partial charge on any atom is -0.506 e. The predicted molar refractivity (Wildman–Crippen MR) is 180 cm³/mol. The Morgan fingerprint density at radius 1 is 1.08 bits per heavy atom. The number of hydrogen-bond donors (Lipinski definition) is 3. The number of phenolic OH excluding ortho intramolecular Hbond substituents is 1. The van der Waals surface area contributed by atoms with Crippen LogP contribution < -0.4 is 9.47 Å². The second-order valence-corrected chi connectivity index (χ2v) is 15.5. The van der Waals surface area contributed by atoms with Gasteiger partial charge in [-0.05, 0) is 93.2 Å². The number of benzene rings is 1. The van der Waals surface area contributed by atoms with Crippen molar-refractivity contribution in [1.82, 2.24) is 0 Å². The molecule has 3 N–H and O–H groups in total. The number of carbonyl (C=O) groups is 3. The third-order valence-electron chi connectivity index (χ3n) is 10.6. The summed E-state index contributed by atoms with van der Waals surface area (Å²) in [6.45, 7) is 14.5. The first-order valence-electron chi connectivity index (χ1n) is 16.7. The molecule has 0 aromatic heterocycles. The molecule has 0 amide bonds. The van der Waals surface area contributed by atoms with Crippen molar-refractivity contribution in [3.8, 4) is 17.2 Å². The summed E-state index contributed by atoms with van der Waals surface area (Å²) in [6.07, 6.45) is 14.3. The fourth-order valence-corrected chi connectivity index (χ4v) is 8.27. The fourth-order valence-electron chi connectivity index (χ4n) is 8.27. The van der Waals surface area contributed by atoms with Crippen LogP contribution in [0.1, 0.15) is 103 Å². The lowest BCUT2D eigenvalue weighted by Gasteiger charge is -2.56. The molecule has 9 heteroatoms. The maximum Gasteiger partial charge on any atom is 0.330 e. The second kappa shape index (κ2) is 11.0. The van der Waals surface area contributed by atoms with Crippen LogP contribution >= 0.6 is 0 Å². The fraction of sp³-hybridized carbons (Fsp3) is 0.513. The minimum atomic E-state index is -1.65. The predicted octanol–water partition coefficient (Wildman–Crippen LogP) is 6.60. The smallest absolute Gasteiger partial charge is 0.330 e. The van der Waals surface area contributed by atoms with Crippen molar-refractivity contribution in [2.45, 2.75) is 115 Å². The highest BCUT2D eigenvalue weighted by atomic mass is 16.6. The van der Waals surface area contributed by atoms with Crippen LogP contribution in [0.5, 0.6) is 17.2 Å². The number of allylic oxidation sites excluding steroid dienone is 4. The van der Waals surface area contributed by atoms with Gasteiger partial charge in [0.2, 0.25) is 0 Å². The number of hydrogen-bond acceptors (Lipinski definition) is 8. The van der Waals surface area contributed by atoms with E-state index in [1.165, 1.54) is 13.0 Å². The minimum absolute atomic E-state index is 0.0253. The van der Waals surface area contributed by atoms with Gasteiger partial charge in [-0.2, -0.15) is 0 Å². The van der Waals surface area contributed by atoms with Crippen molar-refractivity contribution < 1.29 is 43.9 Å². The average Bonchev–Trinajstić information content (AvgIpc) is 3.14. The molecule has 4 bridgehead atoms. The lowest BCUT2D eigenvalue weighted by molar-refractivity contribution is -0.171.